The highest BCUT2D eigenvalue weighted by molar-refractivity contribution is 5.91. The van der Waals surface area contributed by atoms with E-state index in [0.29, 0.717) is 29.7 Å². The van der Waals surface area contributed by atoms with E-state index in [9.17, 15) is 10.1 Å². The molecule has 3 aromatic heterocycles. The van der Waals surface area contributed by atoms with Crippen molar-refractivity contribution in [2.24, 2.45) is 7.05 Å². The van der Waals surface area contributed by atoms with Crippen LogP contribution in [0, 0.1) is 11.3 Å². The van der Waals surface area contributed by atoms with Gasteiger partial charge in [0, 0.05) is 68.9 Å². The van der Waals surface area contributed by atoms with Gasteiger partial charge in [-0.1, -0.05) is 30.3 Å². The van der Waals surface area contributed by atoms with Crippen LogP contribution in [0.5, 0.6) is 0 Å². The number of ether oxygens (including phenoxy) is 1. The molecule has 7 rings (SSSR count). The van der Waals surface area contributed by atoms with Crippen LogP contribution in [0.2, 0.25) is 0 Å². The maximum atomic E-state index is 13.8. The zero-order chi connectivity index (χ0) is 32.9. The Hall–Kier alpha value is -5.02. The molecular weight excluding hydrogens is 604 g/mol. The average molecular weight is 647 g/mol. The summed E-state index contributed by atoms with van der Waals surface area (Å²) in [6.07, 6.45) is 14.6. The molecule has 248 valence electrons. The molecule has 1 unspecified atom stereocenters. The van der Waals surface area contributed by atoms with Gasteiger partial charge in [-0.2, -0.15) is 15.3 Å². The Morgan fingerprint density at radius 2 is 1.88 bits per heavy atom. The number of aromatic nitrogens is 5. The Labute approximate surface area is 281 Å². The minimum absolute atomic E-state index is 0.0241. The third kappa shape index (κ3) is 6.96. The molecule has 1 aliphatic carbocycles. The van der Waals surface area contributed by atoms with Crippen molar-refractivity contribution in [3.63, 3.8) is 0 Å². The van der Waals surface area contributed by atoms with Crippen LogP contribution in [0.15, 0.2) is 67.3 Å². The molecule has 12 heteroatoms. The highest BCUT2D eigenvalue weighted by Gasteiger charge is 2.40. The Morgan fingerprint density at radius 1 is 1.04 bits per heavy atom. The number of amides is 2. The molecule has 4 aromatic rings. The van der Waals surface area contributed by atoms with Crippen molar-refractivity contribution >= 4 is 23.6 Å². The fraction of sp³-hybridized carbons (Fsp3) is 0.444. The van der Waals surface area contributed by atoms with E-state index in [-0.39, 0.29) is 23.7 Å². The minimum atomic E-state index is -0.164. The molecule has 2 amide bonds. The van der Waals surface area contributed by atoms with Gasteiger partial charge in [-0.3, -0.25) is 9.58 Å². The molecule has 1 saturated carbocycles. The number of nitrogens with one attached hydrogen (secondary N) is 2. The molecule has 2 N–H and O–H groups in total. The predicted octanol–water partition coefficient (Wildman–Crippen LogP) is 5.43. The number of rotatable bonds is 8. The normalized spacial score (nSPS) is 22.3. The SMILES string of the molecule is Cn1cc(-c2ccc(N(C(=O)NCc3ccccc3)C3CCC(Nc4ncc(C#N)c(N5CCCC6(CCCO6)C5)n4)CC3)nc2)cn1. The van der Waals surface area contributed by atoms with Gasteiger partial charge >= 0.3 is 6.03 Å². The van der Waals surface area contributed by atoms with E-state index in [2.05, 4.69) is 31.7 Å². The first kappa shape index (κ1) is 31.6. The largest absolute Gasteiger partial charge is 0.373 e. The zero-order valence-electron chi connectivity index (χ0n) is 27.4. The smallest absolute Gasteiger partial charge is 0.323 e. The number of nitrogens with zero attached hydrogens (tertiary/aromatic N) is 8. The number of anilines is 3. The van der Waals surface area contributed by atoms with Crippen LogP contribution in [0.3, 0.4) is 0 Å². The number of aryl methyl sites for hydroxylation is 1. The zero-order valence-corrected chi connectivity index (χ0v) is 27.4. The van der Waals surface area contributed by atoms with Crippen molar-refractivity contribution in [3.05, 3.63) is 78.4 Å². The number of benzene rings is 1. The van der Waals surface area contributed by atoms with E-state index in [1.165, 1.54) is 0 Å². The van der Waals surface area contributed by atoms with Crippen LogP contribution in [-0.2, 0) is 18.3 Å². The van der Waals surface area contributed by atoms with Gasteiger partial charge in [0.05, 0.1) is 18.0 Å². The summed E-state index contributed by atoms with van der Waals surface area (Å²) >= 11 is 0. The summed E-state index contributed by atoms with van der Waals surface area (Å²) in [5, 5.41) is 20.8. The molecule has 5 heterocycles. The van der Waals surface area contributed by atoms with Crippen molar-refractivity contribution in [3.8, 4) is 17.2 Å². The molecule has 1 atom stereocenters. The summed E-state index contributed by atoms with van der Waals surface area (Å²) in [5.74, 6) is 1.83. The number of piperidine rings is 1. The lowest BCUT2D eigenvalue weighted by Crippen LogP contribution is -2.49. The fourth-order valence-electron chi connectivity index (χ4n) is 7.36. The van der Waals surface area contributed by atoms with E-state index in [4.69, 9.17) is 14.7 Å². The van der Waals surface area contributed by atoms with Crippen LogP contribution in [0.4, 0.5) is 22.4 Å². The van der Waals surface area contributed by atoms with Crippen LogP contribution in [0.1, 0.15) is 62.5 Å². The summed E-state index contributed by atoms with van der Waals surface area (Å²) in [6, 6.07) is 16.1. The van der Waals surface area contributed by atoms with Gasteiger partial charge in [0.25, 0.3) is 0 Å². The first-order valence-corrected chi connectivity index (χ1v) is 17.0. The Bertz CT molecular complexity index is 1740. The molecule has 1 spiro atoms. The second-order valence-electron chi connectivity index (χ2n) is 13.2. The van der Waals surface area contributed by atoms with Crippen LogP contribution in [0.25, 0.3) is 11.1 Å². The van der Waals surface area contributed by atoms with Crippen LogP contribution < -0.4 is 20.4 Å². The maximum Gasteiger partial charge on any atom is 0.323 e. The van der Waals surface area contributed by atoms with Crippen molar-refractivity contribution in [1.82, 2.24) is 30.0 Å². The lowest BCUT2D eigenvalue weighted by atomic mass is 9.90. The second kappa shape index (κ2) is 14.0. The summed E-state index contributed by atoms with van der Waals surface area (Å²) in [5.41, 5.74) is 3.31. The number of pyridine rings is 1. The quantitative estimate of drug-likeness (QED) is 0.257. The number of hydrogen-bond acceptors (Lipinski definition) is 9. The molecule has 0 radical (unpaired) electrons. The summed E-state index contributed by atoms with van der Waals surface area (Å²) < 4.78 is 7.94. The minimum Gasteiger partial charge on any atom is -0.373 e. The lowest BCUT2D eigenvalue weighted by Gasteiger charge is -2.40. The van der Waals surface area contributed by atoms with Crippen molar-refractivity contribution < 1.29 is 9.53 Å². The molecule has 1 aromatic carbocycles. The van der Waals surface area contributed by atoms with Gasteiger partial charge in [-0.15, -0.1) is 0 Å². The number of carbonyl (C=O) groups excluding carboxylic acids is 1. The van der Waals surface area contributed by atoms with E-state index < -0.39 is 0 Å². The highest BCUT2D eigenvalue weighted by atomic mass is 16.5. The number of nitriles is 1. The number of hydrogen-bond donors (Lipinski definition) is 2. The van der Waals surface area contributed by atoms with Gasteiger partial charge in [0.2, 0.25) is 5.95 Å². The van der Waals surface area contributed by atoms with E-state index in [0.717, 1.165) is 87.8 Å². The predicted molar refractivity (Wildman–Crippen MR) is 183 cm³/mol. The van der Waals surface area contributed by atoms with E-state index in [1.807, 2.05) is 66.8 Å². The Kier molecular flexibility index (Phi) is 9.20. The molecule has 0 bridgehead atoms. The first-order chi connectivity index (χ1) is 23.5. The molecule has 3 fully saturated rings. The molecule has 12 nitrogen and oxygen atoms in total. The van der Waals surface area contributed by atoms with Crippen molar-refractivity contribution in [2.45, 2.75) is 75.6 Å². The summed E-state index contributed by atoms with van der Waals surface area (Å²) in [7, 11) is 1.89. The van der Waals surface area contributed by atoms with Crippen molar-refractivity contribution in [1.29, 1.82) is 5.26 Å². The third-order valence-electron chi connectivity index (χ3n) is 9.85. The van der Waals surface area contributed by atoms with Crippen LogP contribution in [-0.4, -0.2) is 68.1 Å². The lowest BCUT2D eigenvalue weighted by molar-refractivity contribution is -0.00637. The molecule has 2 saturated heterocycles. The van der Waals surface area contributed by atoms with Crippen LogP contribution >= 0.6 is 0 Å². The molecule has 2 aliphatic heterocycles. The first-order valence-electron chi connectivity index (χ1n) is 17.0. The Morgan fingerprint density at radius 3 is 2.58 bits per heavy atom. The van der Waals surface area contributed by atoms with Gasteiger partial charge in [-0.25, -0.2) is 14.8 Å². The number of urea groups is 1. The van der Waals surface area contributed by atoms with E-state index in [1.54, 1.807) is 17.1 Å². The highest BCUT2D eigenvalue weighted by Crippen LogP contribution is 2.37. The maximum absolute atomic E-state index is 13.8. The summed E-state index contributed by atoms with van der Waals surface area (Å²) in [4.78, 5) is 31.9. The molecule has 48 heavy (non-hydrogen) atoms. The summed E-state index contributed by atoms with van der Waals surface area (Å²) in [6.45, 7) is 2.84. The average Bonchev–Trinajstić information content (AvgIpc) is 3.77. The molecule has 3 aliphatic rings. The van der Waals surface area contributed by atoms with E-state index >= 15 is 0 Å². The Balaban J connectivity index is 1.04. The van der Waals surface area contributed by atoms with Gasteiger partial charge in [0.1, 0.15) is 17.5 Å². The topological polar surface area (TPSA) is 137 Å². The molecular formula is C36H42N10O2. The monoisotopic (exact) mass is 646 g/mol. The van der Waals surface area contributed by atoms with Gasteiger partial charge < -0.3 is 20.3 Å². The number of carbonyl (C=O) groups is 1. The fourth-order valence-corrected chi connectivity index (χ4v) is 7.36. The standard InChI is InChI=1S/C36H42N10O2/c1-44-24-29(23-41-44)27-9-14-32(38-21-27)46(35(47)40-20-26-7-3-2-4-8-26)31-12-10-30(11-13-31)42-34-39-22-28(19-37)33(43-34)45-17-5-15-36(25-45)16-6-18-48-36/h2-4,7-9,14,21-24,30-31H,5-6,10-13,15-18,20,25H2,1H3,(H,40,47)(H,39,42,43). The van der Waals surface area contributed by atoms with Gasteiger partial charge in [-0.05, 0) is 69.1 Å². The van der Waals surface area contributed by atoms with Crippen molar-refractivity contribution in [2.75, 3.05) is 34.8 Å². The third-order valence-corrected chi connectivity index (χ3v) is 9.85. The second-order valence-corrected chi connectivity index (χ2v) is 13.2. The van der Waals surface area contributed by atoms with Gasteiger partial charge in [0.15, 0.2) is 5.82 Å².